The van der Waals surface area contributed by atoms with Gasteiger partial charge in [-0.25, -0.2) is 9.38 Å². The molecule has 2 aromatic heterocycles. The third-order valence-electron chi connectivity index (χ3n) is 5.10. The fourth-order valence-corrected chi connectivity index (χ4v) is 4.60. The molecular formula is C27H20N2O2S. The SMILES string of the molecule is C=CCOc1ccc(C=c2sc3nc(-c4ccccc4)c(-c4ccccc4)n3c2=O)cc1. The maximum Gasteiger partial charge on any atom is 0.274 e. The summed E-state index contributed by atoms with van der Waals surface area (Å²) in [5, 5.41) is 0. The van der Waals surface area contributed by atoms with Crippen LogP contribution in [0.1, 0.15) is 5.56 Å². The van der Waals surface area contributed by atoms with E-state index in [1.165, 1.54) is 11.3 Å². The summed E-state index contributed by atoms with van der Waals surface area (Å²) < 4.78 is 7.91. The van der Waals surface area contributed by atoms with E-state index >= 15 is 0 Å². The van der Waals surface area contributed by atoms with Gasteiger partial charge in [-0.2, -0.15) is 0 Å². The Kier molecular flexibility index (Phi) is 5.40. The molecule has 2 heterocycles. The highest BCUT2D eigenvalue weighted by Crippen LogP contribution is 2.32. The van der Waals surface area contributed by atoms with Crippen LogP contribution in [0.4, 0.5) is 0 Å². The van der Waals surface area contributed by atoms with E-state index in [1.54, 1.807) is 10.5 Å². The highest BCUT2D eigenvalue weighted by molar-refractivity contribution is 7.15. The van der Waals surface area contributed by atoms with Gasteiger partial charge in [0, 0.05) is 11.1 Å². The average molecular weight is 437 g/mol. The summed E-state index contributed by atoms with van der Waals surface area (Å²) >= 11 is 1.40. The minimum atomic E-state index is -0.0643. The number of fused-ring (bicyclic) bond motifs is 1. The van der Waals surface area contributed by atoms with Crippen LogP contribution in [0.3, 0.4) is 0 Å². The van der Waals surface area contributed by atoms with E-state index in [0.29, 0.717) is 16.1 Å². The number of hydrogen-bond acceptors (Lipinski definition) is 4. The highest BCUT2D eigenvalue weighted by Gasteiger charge is 2.19. The summed E-state index contributed by atoms with van der Waals surface area (Å²) in [5.74, 6) is 0.768. The maximum atomic E-state index is 13.4. The van der Waals surface area contributed by atoms with Crippen LogP contribution in [0.5, 0.6) is 5.75 Å². The van der Waals surface area contributed by atoms with Crippen LogP contribution in [-0.2, 0) is 0 Å². The van der Waals surface area contributed by atoms with Crippen LogP contribution in [-0.4, -0.2) is 16.0 Å². The van der Waals surface area contributed by atoms with E-state index in [0.717, 1.165) is 33.8 Å². The Morgan fingerprint density at radius 3 is 2.22 bits per heavy atom. The fourth-order valence-electron chi connectivity index (χ4n) is 3.63. The smallest absolute Gasteiger partial charge is 0.274 e. The molecule has 5 aromatic rings. The molecule has 3 aromatic carbocycles. The van der Waals surface area contributed by atoms with Gasteiger partial charge in [-0.05, 0) is 23.8 Å². The van der Waals surface area contributed by atoms with Gasteiger partial charge in [-0.3, -0.25) is 4.79 Å². The molecule has 0 saturated heterocycles. The zero-order valence-electron chi connectivity index (χ0n) is 17.3. The summed E-state index contributed by atoms with van der Waals surface area (Å²) in [5.41, 5.74) is 4.45. The molecule has 156 valence electrons. The van der Waals surface area contributed by atoms with Crippen molar-refractivity contribution in [3.05, 3.63) is 118 Å². The number of hydrogen-bond donors (Lipinski definition) is 0. The molecule has 0 N–H and O–H groups in total. The average Bonchev–Trinajstić information content (AvgIpc) is 3.36. The Morgan fingerprint density at radius 1 is 0.906 bits per heavy atom. The van der Waals surface area contributed by atoms with Crippen molar-refractivity contribution in [3.8, 4) is 28.3 Å². The topological polar surface area (TPSA) is 43.6 Å². The Hall–Kier alpha value is -3.96. The second kappa shape index (κ2) is 8.65. The van der Waals surface area contributed by atoms with Crippen LogP contribution in [0, 0.1) is 0 Å². The van der Waals surface area contributed by atoms with Crippen LogP contribution in [0.2, 0.25) is 0 Å². The Bertz CT molecular complexity index is 1490. The molecule has 0 radical (unpaired) electrons. The monoisotopic (exact) mass is 436 g/mol. The van der Waals surface area contributed by atoms with Gasteiger partial charge < -0.3 is 4.74 Å². The number of rotatable bonds is 6. The first-order valence-electron chi connectivity index (χ1n) is 10.3. The predicted molar refractivity (Wildman–Crippen MR) is 131 cm³/mol. The van der Waals surface area contributed by atoms with Gasteiger partial charge in [-0.1, -0.05) is 96.8 Å². The first-order chi connectivity index (χ1) is 15.7. The van der Waals surface area contributed by atoms with Crippen molar-refractivity contribution in [2.24, 2.45) is 0 Å². The van der Waals surface area contributed by atoms with E-state index in [-0.39, 0.29) is 5.56 Å². The molecule has 0 aliphatic rings. The van der Waals surface area contributed by atoms with Gasteiger partial charge in [0.05, 0.1) is 15.9 Å². The summed E-state index contributed by atoms with van der Waals surface area (Å²) in [6.07, 6.45) is 3.61. The summed E-state index contributed by atoms with van der Waals surface area (Å²) in [7, 11) is 0. The normalized spacial score (nSPS) is 11.7. The standard InChI is InChI=1S/C27H20N2O2S/c1-2-17-31-22-15-13-19(14-16-22)18-23-26(30)29-25(21-11-7-4-8-12-21)24(28-27(29)32-23)20-9-5-3-6-10-20/h2-16,18H,1,17H2. The maximum absolute atomic E-state index is 13.4. The molecule has 0 bridgehead atoms. The summed E-state index contributed by atoms with van der Waals surface area (Å²) in [6, 6.07) is 27.6. The lowest BCUT2D eigenvalue weighted by molar-refractivity contribution is 0.363. The number of thiazole rings is 1. The Labute approximate surface area is 189 Å². The van der Waals surface area contributed by atoms with Gasteiger partial charge in [0.15, 0.2) is 4.96 Å². The molecule has 32 heavy (non-hydrogen) atoms. The zero-order valence-corrected chi connectivity index (χ0v) is 18.1. The molecule has 0 saturated carbocycles. The molecule has 5 rings (SSSR count). The summed E-state index contributed by atoms with van der Waals surface area (Å²) in [4.78, 5) is 19.0. The van der Waals surface area contributed by atoms with Crippen LogP contribution < -0.4 is 14.8 Å². The molecule has 0 spiro atoms. The number of ether oxygens (including phenoxy) is 1. The van der Waals surface area contributed by atoms with Gasteiger partial charge in [-0.15, -0.1) is 0 Å². The predicted octanol–water partition coefficient (Wildman–Crippen LogP) is 5.20. The molecule has 0 fully saturated rings. The van der Waals surface area contributed by atoms with E-state index in [2.05, 4.69) is 6.58 Å². The minimum Gasteiger partial charge on any atom is -0.490 e. The van der Waals surface area contributed by atoms with Gasteiger partial charge >= 0.3 is 0 Å². The van der Waals surface area contributed by atoms with Crippen LogP contribution in [0.15, 0.2) is 102 Å². The van der Waals surface area contributed by atoms with Crippen molar-refractivity contribution in [1.29, 1.82) is 0 Å². The molecule has 0 unspecified atom stereocenters. The second-order valence-electron chi connectivity index (χ2n) is 7.24. The van der Waals surface area contributed by atoms with E-state index < -0.39 is 0 Å². The van der Waals surface area contributed by atoms with Crippen molar-refractivity contribution in [2.45, 2.75) is 0 Å². The fraction of sp³-hybridized carbons (Fsp3) is 0.0370. The van der Waals surface area contributed by atoms with Gasteiger partial charge in [0.1, 0.15) is 12.4 Å². The lowest BCUT2D eigenvalue weighted by Crippen LogP contribution is -2.23. The van der Waals surface area contributed by atoms with Crippen molar-refractivity contribution < 1.29 is 4.74 Å². The van der Waals surface area contributed by atoms with Crippen LogP contribution >= 0.6 is 11.3 Å². The van der Waals surface area contributed by atoms with E-state index in [9.17, 15) is 4.79 Å². The summed E-state index contributed by atoms with van der Waals surface area (Å²) in [6.45, 7) is 4.12. The molecule has 0 aliphatic heterocycles. The minimum absolute atomic E-state index is 0.0643. The van der Waals surface area contributed by atoms with Crippen molar-refractivity contribution in [3.63, 3.8) is 0 Å². The molecule has 0 amide bonds. The molecule has 0 aliphatic carbocycles. The second-order valence-corrected chi connectivity index (χ2v) is 8.25. The van der Waals surface area contributed by atoms with Gasteiger partial charge in [0.25, 0.3) is 5.56 Å². The van der Waals surface area contributed by atoms with Crippen molar-refractivity contribution in [1.82, 2.24) is 9.38 Å². The largest absolute Gasteiger partial charge is 0.490 e. The highest BCUT2D eigenvalue weighted by atomic mass is 32.1. The number of benzene rings is 3. The zero-order chi connectivity index (χ0) is 21.9. The van der Waals surface area contributed by atoms with Gasteiger partial charge in [0.2, 0.25) is 0 Å². The Balaban J connectivity index is 1.66. The first-order valence-corrected chi connectivity index (χ1v) is 11.1. The Morgan fingerprint density at radius 2 is 1.56 bits per heavy atom. The van der Waals surface area contributed by atoms with Crippen LogP contribution in [0.25, 0.3) is 33.6 Å². The molecule has 0 atom stereocenters. The first kappa shape index (κ1) is 20.0. The van der Waals surface area contributed by atoms with E-state index in [4.69, 9.17) is 9.72 Å². The number of imidazole rings is 1. The molecule has 5 heteroatoms. The molecular weight excluding hydrogens is 416 g/mol. The molecule has 4 nitrogen and oxygen atoms in total. The number of aromatic nitrogens is 2. The number of nitrogens with zero attached hydrogens (tertiary/aromatic N) is 2. The lowest BCUT2D eigenvalue weighted by atomic mass is 10.1. The quantitative estimate of drug-likeness (QED) is 0.344. The third-order valence-corrected chi connectivity index (χ3v) is 6.07. The van der Waals surface area contributed by atoms with Crippen molar-refractivity contribution in [2.75, 3.05) is 6.61 Å². The third kappa shape index (κ3) is 3.74. The van der Waals surface area contributed by atoms with Crippen molar-refractivity contribution >= 4 is 22.4 Å². The van der Waals surface area contributed by atoms with E-state index in [1.807, 2.05) is 91.0 Å². The lowest BCUT2D eigenvalue weighted by Gasteiger charge is -2.04.